The molecule has 0 saturated carbocycles. The Kier molecular flexibility index (Phi) is 7.28. The van der Waals surface area contributed by atoms with Crippen molar-refractivity contribution < 1.29 is 14.3 Å². The lowest BCUT2D eigenvalue weighted by Crippen LogP contribution is -2.43. The Bertz CT molecular complexity index is 1090. The molecule has 2 amide bonds. The van der Waals surface area contributed by atoms with Crippen molar-refractivity contribution in [2.45, 2.75) is 39.2 Å². The first kappa shape index (κ1) is 22.8. The molecule has 1 fully saturated rings. The quantitative estimate of drug-likeness (QED) is 0.567. The van der Waals surface area contributed by atoms with Crippen LogP contribution in [0.2, 0.25) is 0 Å². The van der Waals surface area contributed by atoms with Gasteiger partial charge in [-0.05, 0) is 67.6 Å². The highest BCUT2D eigenvalue weighted by Gasteiger charge is 2.28. The fourth-order valence-electron chi connectivity index (χ4n) is 4.41. The van der Waals surface area contributed by atoms with Crippen molar-refractivity contribution in [3.8, 4) is 5.75 Å². The molecule has 3 aromatic rings. The summed E-state index contributed by atoms with van der Waals surface area (Å²) in [6, 6.07) is 21.8. The number of fused-ring (bicyclic) bond motifs is 1. The SMILES string of the molecule is CC(C)Oc1ccc(CCNC(=O)C2CCN(C(=O)c3cccc4ccccc34)CC2)cc1. The lowest BCUT2D eigenvalue weighted by Gasteiger charge is -2.31. The number of likely N-dealkylation sites (tertiary alicyclic amines) is 1. The average Bonchev–Trinajstić information content (AvgIpc) is 2.84. The predicted octanol–water partition coefficient (Wildman–Crippen LogP) is 4.84. The van der Waals surface area contributed by atoms with Gasteiger partial charge < -0.3 is 15.0 Å². The van der Waals surface area contributed by atoms with E-state index in [0.717, 1.165) is 28.5 Å². The number of carbonyl (C=O) groups is 2. The lowest BCUT2D eigenvalue weighted by atomic mass is 9.94. The summed E-state index contributed by atoms with van der Waals surface area (Å²) in [6.45, 7) is 5.84. The second-order valence-corrected chi connectivity index (χ2v) is 8.94. The number of hydrogen-bond acceptors (Lipinski definition) is 3. The molecule has 5 nitrogen and oxygen atoms in total. The number of nitrogens with zero attached hydrogens (tertiary/aromatic N) is 1. The van der Waals surface area contributed by atoms with Gasteiger partial charge in [-0.15, -0.1) is 0 Å². The number of hydrogen-bond donors (Lipinski definition) is 1. The van der Waals surface area contributed by atoms with E-state index >= 15 is 0 Å². The van der Waals surface area contributed by atoms with Gasteiger partial charge in [0.25, 0.3) is 5.91 Å². The van der Waals surface area contributed by atoms with E-state index in [9.17, 15) is 9.59 Å². The smallest absolute Gasteiger partial charge is 0.254 e. The van der Waals surface area contributed by atoms with Crippen LogP contribution in [0.1, 0.15) is 42.6 Å². The third-order valence-electron chi connectivity index (χ3n) is 6.18. The summed E-state index contributed by atoms with van der Waals surface area (Å²) >= 11 is 0. The van der Waals surface area contributed by atoms with Crippen molar-refractivity contribution >= 4 is 22.6 Å². The molecular formula is C28H32N2O3. The first-order valence-electron chi connectivity index (χ1n) is 11.8. The van der Waals surface area contributed by atoms with Gasteiger partial charge in [0.15, 0.2) is 0 Å². The largest absolute Gasteiger partial charge is 0.491 e. The molecule has 0 atom stereocenters. The molecule has 0 aromatic heterocycles. The van der Waals surface area contributed by atoms with Gasteiger partial charge in [0, 0.05) is 31.1 Å². The first-order chi connectivity index (χ1) is 16.0. The molecule has 1 N–H and O–H groups in total. The number of rotatable bonds is 7. The molecule has 1 heterocycles. The van der Waals surface area contributed by atoms with Gasteiger partial charge >= 0.3 is 0 Å². The summed E-state index contributed by atoms with van der Waals surface area (Å²) in [5, 5.41) is 5.12. The summed E-state index contributed by atoms with van der Waals surface area (Å²) < 4.78 is 5.67. The van der Waals surface area contributed by atoms with Crippen LogP contribution in [0.4, 0.5) is 0 Å². The van der Waals surface area contributed by atoms with Crippen LogP contribution in [-0.2, 0) is 11.2 Å². The van der Waals surface area contributed by atoms with E-state index in [0.29, 0.717) is 32.5 Å². The fourth-order valence-corrected chi connectivity index (χ4v) is 4.41. The van der Waals surface area contributed by atoms with Gasteiger partial charge in [-0.1, -0.05) is 48.5 Å². The summed E-state index contributed by atoms with van der Waals surface area (Å²) in [7, 11) is 0. The minimum absolute atomic E-state index is 0.0385. The normalized spacial score (nSPS) is 14.5. The van der Waals surface area contributed by atoms with Crippen molar-refractivity contribution in [1.29, 1.82) is 0 Å². The van der Waals surface area contributed by atoms with E-state index in [1.807, 2.05) is 85.5 Å². The standard InChI is InChI=1S/C28H32N2O3/c1-20(2)33-24-12-10-21(11-13-24)14-17-29-27(31)23-15-18-30(19-16-23)28(32)26-9-5-7-22-6-3-4-8-25(22)26/h3-13,20,23H,14-19H2,1-2H3,(H,29,31). The van der Waals surface area contributed by atoms with E-state index in [2.05, 4.69) is 5.32 Å². The van der Waals surface area contributed by atoms with Gasteiger partial charge in [0.2, 0.25) is 5.91 Å². The third kappa shape index (κ3) is 5.72. The lowest BCUT2D eigenvalue weighted by molar-refractivity contribution is -0.126. The Morgan fingerprint density at radius 3 is 2.39 bits per heavy atom. The maximum absolute atomic E-state index is 13.1. The Morgan fingerprint density at radius 1 is 0.970 bits per heavy atom. The van der Waals surface area contributed by atoms with Crippen LogP contribution >= 0.6 is 0 Å². The minimum atomic E-state index is -0.0385. The van der Waals surface area contributed by atoms with Crippen LogP contribution in [0, 0.1) is 5.92 Å². The molecule has 1 saturated heterocycles. The molecule has 0 spiro atoms. The summed E-state index contributed by atoms with van der Waals surface area (Å²) in [4.78, 5) is 27.7. The maximum Gasteiger partial charge on any atom is 0.254 e. The molecule has 1 aliphatic heterocycles. The van der Waals surface area contributed by atoms with Crippen molar-refractivity contribution in [2.75, 3.05) is 19.6 Å². The monoisotopic (exact) mass is 444 g/mol. The van der Waals surface area contributed by atoms with Crippen molar-refractivity contribution in [3.05, 3.63) is 77.9 Å². The fraction of sp³-hybridized carbons (Fsp3) is 0.357. The molecule has 3 aromatic carbocycles. The molecular weight excluding hydrogens is 412 g/mol. The molecule has 1 aliphatic rings. The number of ether oxygens (including phenoxy) is 1. The van der Waals surface area contributed by atoms with Crippen LogP contribution < -0.4 is 10.1 Å². The van der Waals surface area contributed by atoms with Crippen molar-refractivity contribution in [2.24, 2.45) is 5.92 Å². The van der Waals surface area contributed by atoms with E-state index in [1.165, 1.54) is 5.56 Å². The average molecular weight is 445 g/mol. The highest BCUT2D eigenvalue weighted by Crippen LogP contribution is 2.24. The zero-order valence-electron chi connectivity index (χ0n) is 19.4. The Hall–Kier alpha value is -3.34. The molecule has 5 heteroatoms. The zero-order chi connectivity index (χ0) is 23.2. The van der Waals surface area contributed by atoms with E-state index < -0.39 is 0 Å². The number of amides is 2. The second kappa shape index (κ2) is 10.5. The minimum Gasteiger partial charge on any atom is -0.491 e. The highest BCUT2D eigenvalue weighted by molar-refractivity contribution is 6.07. The number of nitrogens with one attached hydrogen (secondary N) is 1. The first-order valence-corrected chi connectivity index (χ1v) is 11.8. The molecule has 0 radical (unpaired) electrons. The predicted molar refractivity (Wildman–Crippen MR) is 131 cm³/mol. The number of benzene rings is 3. The van der Waals surface area contributed by atoms with Gasteiger partial charge in [0.1, 0.15) is 5.75 Å². The zero-order valence-corrected chi connectivity index (χ0v) is 19.4. The van der Waals surface area contributed by atoms with Crippen LogP contribution in [0.3, 0.4) is 0 Å². The van der Waals surface area contributed by atoms with Crippen molar-refractivity contribution in [1.82, 2.24) is 10.2 Å². The summed E-state index contributed by atoms with van der Waals surface area (Å²) in [6.07, 6.45) is 2.34. The Labute approximate surface area is 195 Å². The Morgan fingerprint density at radius 2 is 1.67 bits per heavy atom. The van der Waals surface area contributed by atoms with Crippen LogP contribution in [0.5, 0.6) is 5.75 Å². The number of piperidine rings is 1. The Balaban J connectivity index is 1.24. The van der Waals surface area contributed by atoms with E-state index in [4.69, 9.17) is 4.74 Å². The second-order valence-electron chi connectivity index (χ2n) is 8.94. The van der Waals surface area contributed by atoms with Crippen LogP contribution in [0.25, 0.3) is 10.8 Å². The van der Waals surface area contributed by atoms with Gasteiger partial charge in [-0.2, -0.15) is 0 Å². The van der Waals surface area contributed by atoms with Crippen LogP contribution in [0.15, 0.2) is 66.7 Å². The summed E-state index contributed by atoms with van der Waals surface area (Å²) in [5.41, 5.74) is 1.91. The van der Waals surface area contributed by atoms with Crippen molar-refractivity contribution in [3.63, 3.8) is 0 Å². The number of carbonyl (C=O) groups excluding carboxylic acids is 2. The molecule has 0 bridgehead atoms. The van der Waals surface area contributed by atoms with Gasteiger partial charge in [-0.25, -0.2) is 0 Å². The van der Waals surface area contributed by atoms with E-state index in [-0.39, 0.29) is 23.8 Å². The molecule has 0 unspecified atom stereocenters. The molecule has 0 aliphatic carbocycles. The summed E-state index contributed by atoms with van der Waals surface area (Å²) in [5.74, 6) is 0.966. The molecule has 33 heavy (non-hydrogen) atoms. The molecule has 4 rings (SSSR count). The molecule has 172 valence electrons. The topological polar surface area (TPSA) is 58.6 Å². The van der Waals surface area contributed by atoms with E-state index in [1.54, 1.807) is 0 Å². The van der Waals surface area contributed by atoms with Crippen LogP contribution in [-0.4, -0.2) is 42.5 Å². The maximum atomic E-state index is 13.1. The highest BCUT2D eigenvalue weighted by atomic mass is 16.5. The third-order valence-corrected chi connectivity index (χ3v) is 6.18. The van der Waals surface area contributed by atoms with Gasteiger partial charge in [0.05, 0.1) is 6.10 Å². The van der Waals surface area contributed by atoms with Gasteiger partial charge in [-0.3, -0.25) is 9.59 Å².